The fraction of sp³-hybridized carbons (Fsp3) is 0.278. The van der Waals surface area contributed by atoms with Crippen molar-refractivity contribution in [3.05, 3.63) is 58.7 Å². The number of carbonyl (C=O) groups is 1. The molecule has 3 nitrogen and oxygen atoms in total. The summed E-state index contributed by atoms with van der Waals surface area (Å²) in [6, 6.07) is 12.1. The number of rotatable bonds is 2. The normalized spacial score (nSPS) is 11.5. The first-order valence-electron chi connectivity index (χ1n) is 6.82. The molecule has 3 heteroatoms. The second-order valence-corrected chi connectivity index (χ2v) is 4.93. The number of benzene rings is 2. The smallest absolute Gasteiger partial charge is 0.339 e. The average Bonchev–Trinajstić information content (AvgIpc) is 2.51. The van der Waals surface area contributed by atoms with E-state index in [2.05, 4.69) is 18.3 Å². The molecule has 0 radical (unpaired) electrons. The molecule has 3 rings (SSSR count). The molecule has 0 spiro atoms. The van der Waals surface area contributed by atoms with Crippen LogP contribution in [0.2, 0.25) is 0 Å². The Hall–Kier alpha value is -2.29. The van der Waals surface area contributed by atoms with Crippen molar-refractivity contribution in [3.63, 3.8) is 0 Å². The summed E-state index contributed by atoms with van der Waals surface area (Å²) in [6.45, 7) is 2.13. The van der Waals surface area contributed by atoms with Crippen LogP contribution in [0.15, 0.2) is 36.4 Å². The highest BCUT2D eigenvalue weighted by atomic mass is 16.5. The third kappa shape index (κ3) is 2.51. The predicted octanol–water partition coefficient (Wildman–Crippen LogP) is 4.32. The standard InChI is InChI=1S/C17H17NO2.CH4/c1-3-11-8-9-13(17(19)20-2)16-14(11)10-12-6-4-5-7-15(12)18-16;/h4-9,18H,3,10H2,1-2H3;1H4. The molecular weight excluding hydrogens is 262 g/mol. The lowest BCUT2D eigenvalue weighted by Gasteiger charge is -2.25. The van der Waals surface area contributed by atoms with E-state index in [1.54, 1.807) is 0 Å². The summed E-state index contributed by atoms with van der Waals surface area (Å²) in [5.41, 5.74) is 6.31. The van der Waals surface area contributed by atoms with Crippen LogP contribution in [0.4, 0.5) is 11.4 Å². The molecule has 110 valence electrons. The highest BCUT2D eigenvalue weighted by molar-refractivity contribution is 5.98. The van der Waals surface area contributed by atoms with Gasteiger partial charge in [0.05, 0.1) is 18.4 Å². The zero-order valence-corrected chi connectivity index (χ0v) is 11.7. The van der Waals surface area contributed by atoms with E-state index in [9.17, 15) is 4.79 Å². The maximum absolute atomic E-state index is 11.9. The largest absolute Gasteiger partial charge is 0.465 e. The Kier molecular flexibility index (Phi) is 4.32. The van der Waals surface area contributed by atoms with Crippen LogP contribution >= 0.6 is 0 Å². The van der Waals surface area contributed by atoms with E-state index in [-0.39, 0.29) is 13.4 Å². The predicted molar refractivity (Wildman–Crippen MR) is 86.4 cm³/mol. The van der Waals surface area contributed by atoms with E-state index in [1.807, 2.05) is 30.3 Å². The van der Waals surface area contributed by atoms with Gasteiger partial charge in [-0.3, -0.25) is 0 Å². The molecule has 0 saturated heterocycles. The molecule has 1 aliphatic heterocycles. The van der Waals surface area contributed by atoms with Gasteiger partial charge in [0.1, 0.15) is 0 Å². The number of para-hydroxylation sites is 1. The van der Waals surface area contributed by atoms with E-state index >= 15 is 0 Å². The molecule has 0 amide bonds. The Morgan fingerprint density at radius 2 is 2.00 bits per heavy atom. The van der Waals surface area contributed by atoms with Gasteiger partial charge in [-0.05, 0) is 35.2 Å². The van der Waals surface area contributed by atoms with Crippen LogP contribution in [0.3, 0.4) is 0 Å². The minimum absolute atomic E-state index is 0. The second kappa shape index (κ2) is 6.00. The van der Waals surface area contributed by atoms with Crippen LogP contribution in [0, 0.1) is 0 Å². The Labute approximate surface area is 126 Å². The molecule has 0 saturated carbocycles. The van der Waals surface area contributed by atoms with Crippen molar-refractivity contribution in [3.8, 4) is 0 Å². The lowest BCUT2D eigenvalue weighted by Crippen LogP contribution is -2.14. The molecule has 0 aliphatic carbocycles. The fourth-order valence-electron chi connectivity index (χ4n) is 2.77. The van der Waals surface area contributed by atoms with Crippen LogP contribution < -0.4 is 5.32 Å². The number of carbonyl (C=O) groups excluding carboxylic acids is 1. The Bertz CT molecular complexity index is 677. The fourth-order valence-corrected chi connectivity index (χ4v) is 2.77. The molecule has 2 aromatic rings. The maximum atomic E-state index is 11.9. The van der Waals surface area contributed by atoms with Gasteiger partial charge in [-0.2, -0.15) is 0 Å². The first-order chi connectivity index (χ1) is 9.74. The summed E-state index contributed by atoms with van der Waals surface area (Å²) in [7, 11) is 1.42. The van der Waals surface area contributed by atoms with Crippen LogP contribution in [0.1, 0.15) is 41.4 Å². The molecule has 0 unspecified atom stereocenters. The van der Waals surface area contributed by atoms with Crippen molar-refractivity contribution in [2.24, 2.45) is 0 Å². The third-order valence-electron chi connectivity index (χ3n) is 3.84. The van der Waals surface area contributed by atoms with Gasteiger partial charge < -0.3 is 10.1 Å². The summed E-state index contributed by atoms with van der Waals surface area (Å²) < 4.78 is 4.88. The maximum Gasteiger partial charge on any atom is 0.339 e. The van der Waals surface area contributed by atoms with Gasteiger partial charge in [-0.15, -0.1) is 0 Å². The van der Waals surface area contributed by atoms with Crippen LogP contribution in [-0.2, 0) is 17.6 Å². The average molecular weight is 283 g/mol. The number of hydrogen-bond donors (Lipinski definition) is 1. The van der Waals surface area contributed by atoms with Crippen LogP contribution in [-0.4, -0.2) is 13.1 Å². The molecule has 21 heavy (non-hydrogen) atoms. The third-order valence-corrected chi connectivity index (χ3v) is 3.84. The molecule has 0 aromatic heterocycles. The summed E-state index contributed by atoms with van der Waals surface area (Å²) >= 11 is 0. The zero-order chi connectivity index (χ0) is 14.1. The van der Waals surface area contributed by atoms with Crippen molar-refractivity contribution in [2.75, 3.05) is 12.4 Å². The molecule has 0 bridgehead atoms. The number of ether oxygens (including phenoxy) is 1. The van der Waals surface area contributed by atoms with Gasteiger partial charge in [-0.25, -0.2) is 4.79 Å². The van der Waals surface area contributed by atoms with Gasteiger partial charge in [0, 0.05) is 12.1 Å². The number of methoxy groups -OCH3 is 1. The number of aryl methyl sites for hydroxylation is 1. The molecule has 1 N–H and O–H groups in total. The number of esters is 1. The molecule has 1 heterocycles. The van der Waals surface area contributed by atoms with Crippen LogP contribution in [0.5, 0.6) is 0 Å². The van der Waals surface area contributed by atoms with Crippen molar-refractivity contribution < 1.29 is 9.53 Å². The van der Waals surface area contributed by atoms with E-state index in [0.717, 1.165) is 24.2 Å². The van der Waals surface area contributed by atoms with Crippen molar-refractivity contribution in [1.82, 2.24) is 0 Å². The summed E-state index contributed by atoms with van der Waals surface area (Å²) in [4.78, 5) is 11.9. The highest BCUT2D eigenvalue weighted by Crippen LogP contribution is 2.37. The second-order valence-electron chi connectivity index (χ2n) is 4.93. The van der Waals surface area contributed by atoms with Crippen LogP contribution in [0.25, 0.3) is 0 Å². The lowest BCUT2D eigenvalue weighted by atomic mass is 9.90. The minimum Gasteiger partial charge on any atom is -0.465 e. The SMILES string of the molecule is C.CCc1ccc(C(=O)OC)c2c1Cc1ccccc1N2. The molecule has 0 fully saturated rings. The number of anilines is 2. The molecule has 2 aromatic carbocycles. The van der Waals surface area contributed by atoms with Crippen molar-refractivity contribution in [1.29, 1.82) is 0 Å². The molecule has 0 atom stereocenters. The summed E-state index contributed by atoms with van der Waals surface area (Å²) in [5, 5.41) is 3.40. The van der Waals surface area contributed by atoms with Gasteiger partial charge in [0.15, 0.2) is 0 Å². The topological polar surface area (TPSA) is 38.3 Å². The summed E-state index contributed by atoms with van der Waals surface area (Å²) in [5.74, 6) is -0.296. The molecular formula is C18H21NO2. The Morgan fingerprint density at radius 3 is 2.71 bits per heavy atom. The monoisotopic (exact) mass is 283 g/mol. The van der Waals surface area contributed by atoms with Crippen molar-refractivity contribution >= 4 is 17.3 Å². The zero-order valence-electron chi connectivity index (χ0n) is 11.7. The van der Waals surface area contributed by atoms with E-state index in [4.69, 9.17) is 4.74 Å². The Balaban J connectivity index is 0.00000161. The van der Waals surface area contributed by atoms with Gasteiger partial charge in [-0.1, -0.05) is 38.6 Å². The summed E-state index contributed by atoms with van der Waals surface area (Å²) in [6.07, 6.45) is 1.81. The van der Waals surface area contributed by atoms with Crippen molar-refractivity contribution in [2.45, 2.75) is 27.2 Å². The van der Waals surface area contributed by atoms with Gasteiger partial charge >= 0.3 is 5.97 Å². The number of fused-ring (bicyclic) bond motifs is 2. The Morgan fingerprint density at radius 1 is 1.24 bits per heavy atom. The van der Waals surface area contributed by atoms with E-state index in [1.165, 1.54) is 23.8 Å². The van der Waals surface area contributed by atoms with Gasteiger partial charge in [0.25, 0.3) is 0 Å². The van der Waals surface area contributed by atoms with E-state index < -0.39 is 0 Å². The first kappa shape index (κ1) is 15.1. The lowest BCUT2D eigenvalue weighted by molar-refractivity contribution is 0.0602. The van der Waals surface area contributed by atoms with E-state index in [0.29, 0.717) is 5.56 Å². The number of hydrogen-bond acceptors (Lipinski definition) is 3. The first-order valence-corrected chi connectivity index (χ1v) is 6.82. The number of nitrogens with one attached hydrogen (secondary N) is 1. The molecule has 1 aliphatic rings. The minimum atomic E-state index is -0.296. The van der Waals surface area contributed by atoms with Gasteiger partial charge in [0.2, 0.25) is 0 Å². The highest BCUT2D eigenvalue weighted by Gasteiger charge is 2.23. The quantitative estimate of drug-likeness (QED) is 0.712.